The molecule has 1 aliphatic rings. The van der Waals surface area contributed by atoms with Crippen LogP contribution >= 0.6 is 0 Å². The van der Waals surface area contributed by atoms with Gasteiger partial charge in [0, 0.05) is 31.5 Å². The Balaban J connectivity index is 0.000000126. The number of anilines is 3. The molecule has 0 radical (unpaired) electrons. The van der Waals surface area contributed by atoms with E-state index in [4.69, 9.17) is 29.5 Å². The summed E-state index contributed by atoms with van der Waals surface area (Å²) < 4.78 is 26.5. The van der Waals surface area contributed by atoms with Crippen molar-refractivity contribution in [3.8, 4) is 28.7 Å². The van der Waals surface area contributed by atoms with Crippen LogP contribution < -0.4 is 16.8 Å². The molecule has 0 saturated heterocycles. The number of imidazole rings is 2. The summed E-state index contributed by atoms with van der Waals surface area (Å²) in [5, 5.41) is 16.7. The first-order valence-corrected chi connectivity index (χ1v) is 23.2. The molecule has 1 aliphatic heterocycles. The van der Waals surface area contributed by atoms with Crippen molar-refractivity contribution >= 4 is 57.4 Å². The van der Waals surface area contributed by atoms with Crippen molar-refractivity contribution in [2.75, 3.05) is 29.9 Å². The first kappa shape index (κ1) is 47.0. The smallest absolute Gasteiger partial charge is 0.259 e. The third-order valence-electron chi connectivity index (χ3n) is 11.5. The first-order valence-electron chi connectivity index (χ1n) is 23.2. The van der Waals surface area contributed by atoms with Gasteiger partial charge in [0.1, 0.15) is 51.9 Å². The molecule has 10 heterocycles. The Morgan fingerprint density at radius 2 is 1.42 bits per heavy atom. The number of aromatic hydroxyl groups is 1. The second kappa shape index (κ2) is 20.7. The van der Waals surface area contributed by atoms with Crippen LogP contribution in [0.25, 0.3) is 56.8 Å². The van der Waals surface area contributed by atoms with E-state index < -0.39 is 0 Å². The summed E-state index contributed by atoms with van der Waals surface area (Å²) in [6.07, 6.45) is 12.4. The maximum atomic E-state index is 12.5. The predicted molar refractivity (Wildman–Crippen MR) is 270 cm³/mol. The summed E-state index contributed by atoms with van der Waals surface area (Å²) in [4.78, 5) is 52.1. The Hall–Kier alpha value is -9.73. The second-order valence-electron chi connectivity index (χ2n) is 16.8. The number of nitrogens with zero attached hydrogens (tertiary/aromatic N) is 13. The van der Waals surface area contributed by atoms with Gasteiger partial charge in [0.25, 0.3) is 5.78 Å². The number of aromatic nitrogens is 13. The van der Waals surface area contributed by atoms with Crippen molar-refractivity contribution in [1.82, 2.24) is 63.6 Å². The highest BCUT2D eigenvalue weighted by Crippen LogP contribution is 2.28. The number of phenols is 1. The third kappa shape index (κ3) is 10.6. The van der Waals surface area contributed by atoms with Gasteiger partial charge >= 0.3 is 0 Å². The average molecular weight is 981 g/mol. The molecule has 0 aliphatic carbocycles. The van der Waals surface area contributed by atoms with E-state index in [-0.39, 0.29) is 17.6 Å². The lowest BCUT2D eigenvalue weighted by molar-refractivity contribution is 0.0905. The van der Waals surface area contributed by atoms with Gasteiger partial charge in [0.2, 0.25) is 23.6 Å². The Morgan fingerprint density at radius 3 is 2.10 bits per heavy atom. The van der Waals surface area contributed by atoms with Crippen LogP contribution in [0, 0.1) is 20.8 Å². The van der Waals surface area contributed by atoms with Gasteiger partial charge < -0.3 is 44.4 Å². The van der Waals surface area contributed by atoms with Gasteiger partial charge in [-0.3, -0.25) is 9.36 Å². The molecule has 0 bridgehead atoms. The highest BCUT2D eigenvalue weighted by Gasteiger charge is 2.20. The van der Waals surface area contributed by atoms with E-state index in [9.17, 15) is 9.90 Å². The number of fused-ring (bicyclic) bond motifs is 3. The normalized spacial score (nSPS) is 12.1. The van der Waals surface area contributed by atoms with Gasteiger partial charge in [0.15, 0.2) is 28.6 Å². The van der Waals surface area contributed by atoms with Gasteiger partial charge in [-0.15, -0.1) is 5.10 Å². The quantitative estimate of drug-likeness (QED) is 0.0848. The van der Waals surface area contributed by atoms with E-state index in [1.807, 2.05) is 67.0 Å². The van der Waals surface area contributed by atoms with Gasteiger partial charge in [-0.05, 0) is 105 Å². The van der Waals surface area contributed by atoms with Crippen molar-refractivity contribution < 1.29 is 27.9 Å². The van der Waals surface area contributed by atoms with Crippen LogP contribution in [0.3, 0.4) is 0 Å². The number of nitrogens with one attached hydrogen (secondary N) is 1. The number of phenolic OH excluding ortho intramolecular Hbond substituents is 1. The lowest BCUT2D eigenvalue weighted by Crippen LogP contribution is -2.12. The Kier molecular flexibility index (Phi) is 13.3. The van der Waals surface area contributed by atoms with Crippen molar-refractivity contribution in [2.24, 2.45) is 0 Å². The van der Waals surface area contributed by atoms with Crippen LogP contribution in [0.15, 0.2) is 130 Å². The first-order chi connectivity index (χ1) is 35.5. The Bertz CT molecular complexity index is 3710. The van der Waals surface area contributed by atoms with Crippen molar-refractivity contribution in [3.05, 3.63) is 156 Å². The predicted octanol–water partition coefficient (Wildman–Crippen LogP) is 7.82. The van der Waals surface area contributed by atoms with Crippen LogP contribution in [0.5, 0.6) is 5.75 Å². The summed E-state index contributed by atoms with van der Waals surface area (Å²) >= 11 is 0. The number of aryl methyl sites for hydroxylation is 4. The number of carbonyl (C=O) groups is 1. The molecule has 368 valence electrons. The number of nitrogen functional groups attached to an aromatic ring is 2. The third-order valence-corrected chi connectivity index (χ3v) is 11.5. The molecule has 0 fully saturated rings. The van der Waals surface area contributed by atoms with Crippen LogP contribution in [0.1, 0.15) is 57.6 Å². The molecule has 12 rings (SSSR count). The number of benzene rings is 2. The summed E-state index contributed by atoms with van der Waals surface area (Å²) in [7, 11) is 0. The van der Waals surface area contributed by atoms with Gasteiger partial charge in [0.05, 0.1) is 38.3 Å². The van der Waals surface area contributed by atoms with E-state index >= 15 is 0 Å². The van der Waals surface area contributed by atoms with Gasteiger partial charge in [-0.25, -0.2) is 29.9 Å². The Morgan fingerprint density at radius 1 is 0.740 bits per heavy atom. The van der Waals surface area contributed by atoms with E-state index in [2.05, 4.69) is 61.3 Å². The number of nitrogens with two attached hydrogens (primary N) is 2. The zero-order valence-electron chi connectivity index (χ0n) is 39.9. The fourth-order valence-electron chi connectivity index (χ4n) is 7.91. The highest BCUT2D eigenvalue weighted by atomic mass is 16.5. The van der Waals surface area contributed by atoms with Crippen LogP contribution in [0.2, 0.25) is 0 Å². The molecular formula is C51H48N16O6. The second-order valence-corrected chi connectivity index (χ2v) is 16.8. The fourth-order valence-corrected chi connectivity index (χ4v) is 7.91. The number of hydrogen-bond acceptors (Lipinski definition) is 19. The fraction of sp³-hybridized carbons (Fsp3) is 0.196. The topological polar surface area (TPSA) is 293 Å². The van der Waals surface area contributed by atoms with E-state index in [0.29, 0.717) is 95.9 Å². The molecule has 0 spiro atoms. The molecular weight excluding hydrogens is 933 g/mol. The standard InChI is InChI=1S/C18H17N5O.C17H14N4O3.C16H17N7O2/c1-11-8-13(5-6-14(11)19)9-23-10-20-17-16(15-4-3-7-24-15)21-12(2)22-18(17)23;1-11-19-15(13-5-3-9-24-13)16-17(20-11)21(10-18-16)14(22)7-6-12-4-2-8-23-12;17-14-20-15(18-8-7-10-3-5-11(24)6-4-10)21-16-19-13(22-23(14)16)12-2-1-9-25-12/h3-8,10H,9,19H2,1-2H3;2-5,8-10H,6-7H2,1H3;2-6,24H,1,7-9H2,(H3,17,18,19,20,21,22). The van der Waals surface area contributed by atoms with E-state index in [1.165, 1.54) is 15.4 Å². The zero-order valence-corrected chi connectivity index (χ0v) is 39.9. The highest BCUT2D eigenvalue weighted by molar-refractivity contribution is 5.93. The Labute approximate surface area is 415 Å². The molecule has 9 aromatic heterocycles. The molecule has 0 amide bonds. The van der Waals surface area contributed by atoms with Gasteiger partial charge in [-0.1, -0.05) is 24.3 Å². The van der Waals surface area contributed by atoms with E-state index in [0.717, 1.165) is 57.8 Å². The van der Waals surface area contributed by atoms with Gasteiger partial charge in [-0.2, -0.15) is 19.5 Å². The molecule has 22 heteroatoms. The monoisotopic (exact) mass is 980 g/mol. The molecule has 22 nitrogen and oxygen atoms in total. The SMILES string of the molecule is Cc1nc(-c2ccco2)c2ncn(C(=O)CCc3ccco3)c2n1.Cc1nc(-c2ccco2)c2ncn(Cc3ccc(N)c(C)c3)c2n1.Nc1nc(NCCc2ccc(O)cc2)nc2nc(C3=CCCO3)nn12. The van der Waals surface area contributed by atoms with Crippen LogP contribution in [-0.2, 0) is 24.1 Å². The van der Waals surface area contributed by atoms with Crippen molar-refractivity contribution in [3.63, 3.8) is 0 Å². The number of ether oxygens (including phenoxy) is 1. The summed E-state index contributed by atoms with van der Waals surface area (Å²) in [6.45, 7) is 7.58. The number of hydrogen-bond donors (Lipinski definition) is 4. The zero-order chi connectivity index (χ0) is 50.4. The molecule has 6 N–H and O–H groups in total. The maximum Gasteiger partial charge on any atom is 0.259 e. The molecule has 0 unspecified atom stereocenters. The minimum Gasteiger partial charge on any atom is -0.508 e. The average Bonchev–Trinajstić information content (AvgIpc) is 4.24. The summed E-state index contributed by atoms with van der Waals surface area (Å²) in [5.41, 5.74) is 19.8. The summed E-state index contributed by atoms with van der Waals surface area (Å²) in [6, 6.07) is 24.1. The molecule has 0 atom stereocenters. The lowest BCUT2D eigenvalue weighted by atomic mass is 10.1. The number of furan rings is 3. The van der Waals surface area contributed by atoms with Crippen molar-refractivity contribution in [1.29, 1.82) is 0 Å². The largest absolute Gasteiger partial charge is 0.508 e. The minimum atomic E-state index is -0.0996. The minimum absolute atomic E-state index is 0.0996. The number of rotatable bonds is 12. The van der Waals surface area contributed by atoms with E-state index in [1.54, 1.807) is 62.4 Å². The molecule has 73 heavy (non-hydrogen) atoms. The number of carbonyl (C=O) groups excluding carboxylic acids is 1. The molecule has 2 aromatic carbocycles. The lowest BCUT2D eigenvalue weighted by Gasteiger charge is -2.07. The molecule has 0 saturated carbocycles. The molecule has 11 aromatic rings. The maximum absolute atomic E-state index is 12.5. The van der Waals surface area contributed by atoms with Crippen LogP contribution in [-0.4, -0.2) is 87.8 Å². The van der Waals surface area contributed by atoms with Crippen LogP contribution in [0.4, 0.5) is 17.6 Å². The van der Waals surface area contributed by atoms with Crippen molar-refractivity contribution in [2.45, 2.75) is 53.0 Å². The summed E-state index contributed by atoms with van der Waals surface area (Å²) in [5.74, 6) is 5.52.